The number of benzene rings is 1. The summed E-state index contributed by atoms with van der Waals surface area (Å²) in [6.45, 7) is 8.80. The van der Waals surface area contributed by atoms with Crippen molar-refractivity contribution in [1.82, 2.24) is 15.6 Å². The van der Waals surface area contributed by atoms with Crippen LogP contribution in [0.3, 0.4) is 0 Å². The summed E-state index contributed by atoms with van der Waals surface area (Å²) < 4.78 is 0. The second-order valence-corrected chi connectivity index (χ2v) is 7.72. The molecule has 1 heterocycles. The maximum atomic E-state index is 9.23. The zero-order valence-electron chi connectivity index (χ0n) is 16.7. The maximum Gasteiger partial charge on any atom is 0.191 e. The number of aromatic nitrogens is 1. The SMILES string of the molecule is CCCC(CCO)CNC(=NCc1sc(-c2ccccc2)nc1C)NCC. The van der Waals surface area contributed by atoms with Crippen molar-refractivity contribution in [3.63, 3.8) is 0 Å². The first-order valence-electron chi connectivity index (χ1n) is 9.82. The number of guanidine groups is 1. The number of nitrogens with zero attached hydrogens (tertiary/aromatic N) is 2. The number of aliphatic imine (C=N–C) groups is 1. The summed E-state index contributed by atoms with van der Waals surface area (Å²) in [5.74, 6) is 1.30. The van der Waals surface area contributed by atoms with Crippen LogP contribution >= 0.6 is 11.3 Å². The number of rotatable bonds is 10. The molecule has 0 saturated carbocycles. The molecule has 5 nitrogen and oxygen atoms in total. The van der Waals surface area contributed by atoms with E-state index in [0.717, 1.165) is 54.6 Å². The molecule has 27 heavy (non-hydrogen) atoms. The van der Waals surface area contributed by atoms with Crippen LogP contribution in [0.25, 0.3) is 10.6 Å². The molecule has 0 fully saturated rings. The number of aliphatic hydroxyl groups is 1. The van der Waals surface area contributed by atoms with E-state index in [4.69, 9.17) is 9.98 Å². The lowest BCUT2D eigenvalue weighted by Crippen LogP contribution is -2.40. The first kappa shape index (κ1) is 21.4. The number of aryl methyl sites for hydroxylation is 1. The van der Waals surface area contributed by atoms with Crippen LogP contribution in [0, 0.1) is 12.8 Å². The van der Waals surface area contributed by atoms with E-state index in [1.807, 2.05) is 25.1 Å². The zero-order chi connectivity index (χ0) is 19.5. The molecule has 0 amide bonds. The van der Waals surface area contributed by atoms with Gasteiger partial charge in [0.1, 0.15) is 5.01 Å². The largest absolute Gasteiger partial charge is 0.396 e. The van der Waals surface area contributed by atoms with E-state index < -0.39 is 0 Å². The van der Waals surface area contributed by atoms with E-state index in [1.54, 1.807) is 11.3 Å². The van der Waals surface area contributed by atoms with E-state index in [-0.39, 0.29) is 6.61 Å². The fourth-order valence-electron chi connectivity index (χ4n) is 2.95. The molecule has 0 bridgehead atoms. The second-order valence-electron chi connectivity index (χ2n) is 6.64. The van der Waals surface area contributed by atoms with Crippen LogP contribution in [-0.4, -0.2) is 35.7 Å². The molecule has 6 heteroatoms. The van der Waals surface area contributed by atoms with Crippen LogP contribution in [0.2, 0.25) is 0 Å². The molecule has 0 spiro atoms. The van der Waals surface area contributed by atoms with E-state index in [0.29, 0.717) is 12.5 Å². The number of thiazole rings is 1. The number of nitrogens with one attached hydrogen (secondary N) is 2. The predicted molar refractivity (Wildman–Crippen MR) is 115 cm³/mol. The van der Waals surface area contributed by atoms with Gasteiger partial charge >= 0.3 is 0 Å². The van der Waals surface area contributed by atoms with Crippen molar-refractivity contribution in [1.29, 1.82) is 0 Å². The molecule has 3 N–H and O–H groups in total. The van der Waals surface area contributed by atoms with Gasteiger partial charge in [0.05, 0.1) is 12.2 Å². The Labute approximate surface area is 167 Å². The molecule has 0 aliphatic heterocycles. The highest BCUT2D eigenvalue weighted by Gasteiger charge is 2.11. The molecule has 148 valence electrons. The predicted octanol–water partition coefficient (Wildman–Crippen LogP) is 3.97. The molecule has 1 unspecified atom stereocenters. The minimum absolute atomic E-state index is 0.238. The van der Waals surface area contributed by atoms with E-state index in [1.165, 1.54) is 4.88 Å². The topological polar surface area (TPSA) is 69.5 Å². The highest BCUT2D eigenvalue weighted by atomic mass is 32.1. The van der Waals surface area contributed by atoms with Crippen LogP contribution in [0.15, 0.2) is 35.3 Å². The van der Waals surface area contributed by atoms with Crippen molar-refractivity contribution in [2.45, 2.75) is 46.6 Å². The summed E-state index contributed by atoms with van der Waals surface area (Å²) in [6, 6.07) is 10.3. The molecule has 1 aromatic heterocycles. The third-order valence-corrected chi connectivity index (χ3v) is 5.62. The summed E-state index contributed by atoms with van der Waals surface area (Å²) in [4.78, 5) is 10.6. The third-order valence-electron chi connectivity index (χ3n) is 4.43. The van der Waals surface area contributed by atoms with Crippen molar-refractivity contribution >= 4 is 17.3 Å². The van der Waals surface area contributed by atoms with Gasteiger partial charge in [0.25, 0.3) is 0 Å². The Bertz CT molecular complexity index is 693. The summed E-state index contributed by atoms with van der Waals surface area (Å²) in [7, 11) is 0. The summed E-state index contributed by atoms with van der Waals surface area (Å²) in [6.07, 6.45) is 3.07. The van der Waals surface area contributed by atoms with Crippen LogP contribution in [0.4, 0.5) is 0 Å². The summed E-state index contributed by atoms with van der Waals surface area (Å²) in [5, 5.41) is 17.0. The van der Waals surface area contributed by atoms with Gasteiger partial charge in [0.2, 0.25) is 0 Å². The molecular formula is C21H32N4OS. The van der Waals surface area contributed by atoms with Gasteiger partial charge in [-0.2, -0.15) is 0 Å². The van der Waals surface area contributed by atoms with Gasteiger partial charge in [0, 0.05) is 30.1 Å². The van der Waals surface area contributed by atoms with Crippen LogP contribution in [0.1, 0.15) is 43.7 Å². The maximum absolute atomic E-state index is 9.23. The molecule has 1 atom stereocenters. The second kappa shape index (κ2) is 11.7. The Kier molecular flexibility index (Phi) is 9.28. The van der Waals surface area contributed by atoms with E-state index in [2.05, 4.69) is 36.6 Å². The average molecular weight is 389 g/mol. The highest BCUT2D eigenvalue weighted by Crippen LogP contribution is 2.28. The van der Waals surface area contributed by atoms with Gasteiger partial charge in [0.15, 0.2) is 5.96 Å². The quantitative estimate of drug-likeness (QED) is 0.425. The highest BCUT2D eigenvalue weighted by molar-refractivity contribution is 7.15. The molecule has 2 rings (SSSR count). The molecule has 0 aliphatic carbocycles. The Morgan fingerprint density at radius 3 is 2.63 bits per heavy atom. The van der Waals surface area contributed by atoms with Crippen molar-refractivity contribution in [3.05, 3.63) is 40.9 Å². The minimum atomic E-state index is 0.238. The normalized spacial score (nSPS) is 12.8. The molecule has 0 radical (unpaired) electrons. The number of hydrogen-bond acceptors (Lipinski definition) is 4. The van der Waals surface area contributed by atoms with Crippen LogP contribution < -0.4 is 10.6 Å². The Morgan fingerprint density at radius 1 is 1.19 bits per heavy atom. The lowest BCUT2D eigenvalue weighted by molar-refractivity contribution is 0.251. The van der Waals surface area contributed by atoms with Crippen LogP contribution in [-0.2, 0) is 6.54 Å². The molecule has 0 aliphatic rings. The lowest BCUT2D eigenvalue weighted by Gasteiger charge is -2.18. The number of aliphatic hydroxyl groups excluding tert-OH is 1. The Morgan fingerprint density at radius 2 is 1.96 bits per heavy atom. The first-order chi connectivity index (χ1) is 13.2. The molecule has 0 saturated heterocycles. The Balaban J connectivity index is 2.02. The molecule has 2 aromatic rings. The van der Waals surface area contributed by atoms with Gasteiger partial charge < -0.3 is 15.7 Å². The van der Waals surface area contributed by atoms with Crippen molar-refractivity contribution in [2.75, 3.05) is 19.7 Å². The standard InChI is InChI=1S/C21H32N4OS/c1-4-9-17(12-13-26)14-23-21(22-5-2)24-15-19-16(3)25-20(27-19)18-10-7-6-8-11-18/h6-8,10-11,17,26H,4-5,9,12-15H2,1-3H3,(H2,22,23,24). The monoisotopic (exact) mass is 388 g/mol. The lowest BCUT2D eigenvalue weighted by atomic mass is 10.0. The fraction of sp³-hybridized carbons (Fsp3) is 0.524. The van der Waals surface area contributed by atoms with Crippen LogP contribution in [0.5, 0.6) is 0 Å². The Hall–Kier alpha value is -1.92. The minimum Gasteiger partial charge on any atom is -0.396 e. The summed E-state index contributed by atoms with van der Waals surface area (Å²) in [5.41, 5.74) is 2.19. The van der Waals surface area contributed by atoms with Gasteiger partial charge in [-0.15, -0.1) is 11.3 Å². The molecular weight excluding hydrogens is 356 g/mol. The van der Waals surface area contributed by atoms with Crippen molar-refractivity contribution in [2.24, 2.45) is 10.9 Å². The van der Waals surface area contributed by atoms with Gasteiger partial charge in [-0.3, -0.25) is 0 Å². The van der Waals surface area contributed by atoms with E-state index >= 15 is 0 Å². The smallest absolute Gasteiger partial charge is 0.191 e. The zero-order valence-corrected chi connectivity index (χ0v) is 17.5. The third kappa shape index (κ3) is 6.96. The summed E-state index contributed by atoms with van der Waals surface area (Å²) >= 11 is 1.71. The van der Waals surface area contributed by atoms with Gasteiger partial charge in [-0.05, 0) is 32.6 Å². The molecule has 1 aromatic carbocycles. The first-order valence-corrected chi connectivity index (χ1v) is 10.6. The van der Waals surface area contributed by atoms with Gasteiger partial charge in [-0.25, -0.2) is 9.98 Å². The fourth-order valence-corrected chi connectivity index (χ4v) is 3.94. The number of hydrogen-bond donors (Lipinski definition) is 3. The average Bonchev–Trinajstić information content (AvgIpc) is 3.05. The van der Waals surface area contributed by atoms with E-state index in [9.17, 15) is 5.11 Å². The van der Waals surface area contributed by atoms with Crippen molar-refractivity contribution in [3.8, 4) is 10.6 Å². The van der Waals surface area contributed by atoms with Gasteiger partial charge in [-0.1, -0.05) is 43.7 Å². The van der Waals surface area contributed by atoms with Crippen molar-refractivity contribution < 1.29 is 5.11 Å².